The lowest BCUT2D eigenvalue weighted by atomic mass is 10.0. The van der Waals surface area contributed by atoms with Gasteiger partial charge in [-0.25, -0.2) is 0 Å². The molecule has 0 aliphatic carbocycles. The fourth-order valence-corrected chi connectivity index (χ4v) is 0.966. The maximum atomic E-state index is 3.73. The largest absolute Gasteiger partial charge is 0.0988 e. The normalized spacial score (nSPS) is 15.7. The third-order valence-electron chi connectivity index (χ3n) is 1.58. The molecule has 0 aliphatic rings. The van der Waals surface area contributed by atoms with Crippen LogP contribution in [0.2, 0.25) is 0 Å². The zero-order valence-electron chi connectivity index (χ0n) is 7.09. The molecule has 0 heteroatoms. The van der Waals surface area contributed by atoms with Crippen LogP contribution in [-0.2, 0) is 0 Å². The fraction of sp³-hybridized carbons (Fsp3) is 0.400. The smallest absolute Gasteiger partial charge is 0.00140 e. The van der Waals surface area contributed by atoms with Gasteiger partial charge in [-0.3, -0.25) is 0 Å². The lowest BCUT2D eigenvalue weighted by Crippen LogP contribution is -1.90. The summed E-state index contributed by atoms with van der Waals surface area (Å²) in [7, 11) is 0. The van der Waals surface area contributed by atoms with Crippen molar-refractivity contribution in [2.24, 2.45) is 5.92 Å². The first-order chi connectivity index (χ1) is 4.76. The summed E-state index contributed by atoms with van der Waals surface area (Å²) in [6, 6.07) is 0. The van der Waals surface area contributed by atoms with Crippen molar-refractivity contribution < 1.29 is 0 Å². The molecule has 0 saturated carbocycles. The van der Waals surface area contributed by atoms with E-state index < -0.39 is 0 Å². The molecule has 0 amide bonds. The van der Waals surface area contributed by atoms with E-state index in [1.807, 2.05) is 19.9 Å². The van der Waals surface area contributed by atoms with Crippen LogP contribution in [0.1, 0.15) is 20.8 Å². The predicted molar refractivity (Wildman–Crippen MR) is 47.9 cm³/mol. The van der Waals surface area contributed by atoms with E-state index in [0.717, 1.165) is 0 Å². The monoisotopic (exact) mass is 136 g/mol. The molecule has 1 unspecified atom stereocenters. The SMILES string of the molecule is C=CC(=CC)C(C)C=CC. The zero-order valence-corrected chi connectivity index (χ0v) is 7.09. The predicted octanol–water partition coefficient (Wildman–Crippen LogP) is 3.33. The van der Waals surface area contributed by atoms with E-state index in [9.17, 15) is 0 Å². The van der Waals surface area contributed by atoms with Crippen molar-refractivity contribution in [1.29, 1.82) is 0 Å². The van der Waals surface area contributed by atoms with Crippen LogP contribution < -0.4 is 0 Å². The molecule has 0 aromatic carbocycles. The highest BCUT2D eigenvalue weighted by molar-refractivity contribution is 5.21. The van der Waals surface area contributed by atoms with Crippen molar-refractivity contribution in [3.8, 4) is 0 Å². The molecule has 0 heterocycles. The van der Waals surface area contributed by atoms with Gasteiger partial charge in [0, 0.05) is 0 Å². The minimum absolute atomic E-state index is 0.507. The Kier molecular flexibility index (Phi) is 4.65. The number of allylic oxidation sites excluding steroid dienone is 5. The van der Waals surface area contributed by atoms with Gasteiger partial charge in [0.1, 0.15) is 0 Å². The molecule has 0 saturated heterocycles. The molecule has 1 atom stereocenters. The molecule has 0 rings (SSSR count). The summed E-state index contributed by atoms with van der Waals surface area (Å²) in [6.07, 6.45) is 8.23. The average Bonchev–Trinajstić information content (AvgIpc) is 1.91. The van der Waals surface area contributed by atoms with Gasteiger partial charge in [-0.15, -0.1) is 0 Å². The minimum Gasteiger partial charge on any atom is -0.0988 e. The van der Waals surface area contributed by atoms with E-state index >= 15 is 0 Å². The van der Waals surface area contributed by atoms with Crippen molar-refractivity contribution in [2.45, 2.75) is 20.8 Å². The van der Waals surface area contributed by atoms with E-state index in [1.54, 1.807) is 0 Å². The molecule has 56 valence electrons. The van der Waals surface area contributed by atoms with Crippen LogP contribution >= 0.6 is 0 Å². The highest BCUT2D eigenvalue weighted by Gasteiger charge is 1.97. The maximum Gasteiger partial charge on any atom is -0.00140 e. The van der Waals surface area contributed by atoms with E-state index in [1.165, 1.54) is 5.57 Å². The summed E-state index contributed by atoms with van der Waals surface area (Å²) in [5, 5.41) is 0. The molecule has 0 aromatic rings. The van der Waals surface area contributed by atoms with Crippen LogP contribution in [0.25, 0.3) is 0 Å². The van der Waals surface area contributed by atoms with Crippen molar-refractivity contribution in [2.75, 3.05) is 0 Å². The van der Waals surface area contributed by atoms with E-state index in [0.29, 0.717) is 5.92 Å². The Morgan fingerprint density at radius 2 is 2.00 bits per heavy atom. The van der Waals surface area contributed by atoms with E-state index in [4.69, 9.17) is 0 Å². The summed E-state index contributed by atoms with van der Waals surface area (Å²) in [5.74, 6) is 0.507. The van der Waals surface area contributed by atoms with Crippen molar-refractivity contribution in [3.63, 3.8) is 0 Å². The van der Waals surface area contributed by atoms with Crippen LogP contribution in [0.3, 0.4) is 0 Å². The second-order valence-corrected chi connectivity index (χ2v) is 2.31. The van der Waals surface area contributed by atoms with Crippen LogP contribution in [0.4, 0.5) is 0 Å². The second-order valence-electron chi connectivity index (χ2n) is 2.31. The Bertz CT molecular complexity index is 149. The van der Waals surface area contributed by atoms with Gasteiger partial charge in [0.15, 0.2) is 0 Å². The Balaban J connectivity index is 4.16. The summed E-state index contributed by atoms with van der Waals surface area (Å²) >= 11 is 0. The molecular formula is C10H16. The van der Waals surface area contributed by atoms with Gasteiger partial charge in [0.2, 0.25) is 0 Å². The maximum absolute atomic E-state index is 3.73. The average molecular weight is 136 g/mol. The van der Waals surface area contributed by atoms with Gasteiger partial charge in [-0.2, -0.15) is 0 Å². The molecule has 10 heavy (non-hydrogen) atoms. The third kappa shape index (κ3) is 2.67. The lowest BCUT2D eigenvalue weighted by molar-refractivity contribution is 0.887. The molecule has 0 aliphatic heterocycles. The van der Waals surface area contributed by atoms with Crippen molar-refractivity contribution in [3.05, 3.63) is 36.5 Å². The number of rotatable bonds is 3. The summed E-state index contributed by atoms with van der Waals surface area (Å²) in [6.45, 7) is 9.97. The van der Waals surface area contributed by atoms with Gasteiger partial charge in [-0.05, 0) is 25.3 Å². The van der Waals surface area contributed by atoms with E-state index in [-0.39, 0.29) is 0 Å². The Morgan fingerprint density at radius 1 is 1.40 bits per heavy atom. The third-order valence-corrected chi connectivity index (χ3v) is 1.58. The minimum atomic E-state index is 0.507. The Morgan fingerprint density at radius 3 is 2.30 bits per heavy atom. The van der Waals surface area contributed by atoms with Gasteiger partial charge >= 0.3 is 0 Å². The first-order valence-electron chi connectivity index (χ1n) is 3.67. The van der Waals surface area contributed by atoms with Crippen LogP contribution in [0, 0.1) is 5.92 Å². The lowest BCUT2D eigenvalue weighted by Gasteiger charge is -2.05. The molecule has 0 fully saturated rings. The van der Waals surface area contributed by atoms with Gasteiger partial charge < -0.3 is 0 Å². The van der Waals surface area contributed by atoms with E-state index in [2.05, 4.69) is 31.7 Å². The molecule has 0 spiro atoms. The Labute approximate surface area is 64.0 Å². The zero-order chi connectivity index (χ0) is 7.98. The molecule has 0 nitrogen and oxygen atoms in total. The fourth-order valence-electron chi connectivity index (χ4n) is 0.966. The highest BCUT2D eigenvalue weighted by Crippen LogP contribution is 2.11. The highest BCUT2D eigenvalue weighted by atomic mass is 14.0. The van der Waals surface area contributed by atoms with Crippen molar-refractivity contribution in [1.82, 2.24) is 0 Å². The molecular weight excluding hydrogens is 120 g/mol. The van der Waals surface area contributed by atoms with Crippen LogP contribution in [-0.4, -0.2) is 0 Å². The first kappa shape index (κ1) is 9.22. The molecule has 0 bridgehead atoms. The standard InChI is InChI=1S/C10H16/c1-5-8-9(4)10(6-2)7-3/h5-9H,2H2,1,3-4H3. The van der Waals surface area contributed by atoms with Gasteiger partial charge in [0.25, 0.3) is 0 Å². The van der Waals surface area contributed by atoms with Gasteiger partial charge in [-0.1, -0.05) is 37.8 Å². The number of hydrogen-bond donors (Lipinski definition) is 0. The Hall–Kier alpha value is -0.780. The van der Waals surface area contributed by atoms with Crippen molar-refractivity contribution >= 4 is 0 Å². The van der Waals surface area contributed by atoms with Crippen LogP contribution in [0.5, 0.6) is 0 Å². The molecule has 0 aromatic heterocycles. The molecule has 0 N–H and O–H groups in total. The quantitative estimate of drug-likeness (QED) is 0.412. The number of hydrogen-bond acceptors (Lipinski definition) is 0. The first-order valence-corrected chi connectivity index (χ1v) is 3.67. The topological polar surface area (TPSA) is 0 Å². The summed E-state index contributed by atoms with van der Waals surface area (Å²) < 4.78 is 0. The summed E-state index contributed by atoms with van der Waals surface area (Å²) in [4.78, 5) is 0. The van der Waals surface area contributed by atoms with Crippen LogP contribution in [0.15, 0.2) is 36.5 Å². The molecule has 0 radical (unpaired) electrons. The summed E-state index contributed by atoms with van der Waals surface area (Å²) in [5.41, 5.74) is 1.29. The van der Waals surface area contributed by atoms with Gasteiger partial charge in [0.05, 0.1) is 0 Å². The second kappa shape index (κ2) is 5.04.